The van der Waals surface area contributed by atoms with Gasteiger partial charge in [0.25, 0.3) is 0 Å². The number of rotatable bonds is 8. The minimum Gasteiger partial charge on any atom is -0.277 e. The maximum absolute atomic E-state index is 13.2. The molecule has 0 saturated heterocycles. The number of alkyl halides is 11. The van der Waals surface area contributed by atoms with Crippen molar-refractivity contribution in [2.45, 2.75) is 29.0 Å². The van der Waals surface area contributed by atoms with Gasteiger partial charge in [0.2, 0.25) is 4.33 Å². The molecule has 0 amide bonds. The minimum atomic E-state index is -5.91. The third kappa shape index (κ3) is 8.50. The summed E-state index contributed by atoms with van der Waals surface area (Å²) in [7, 11) is -5.91. The molecule has 0 heterocycles. The second-order valence-electron chi connectivity index (χ2n) is 5.24. The maximum atomic E-state index is 13.2. The van der Waals surface area contributed by atoms with Crippen molar-refractivity contribution in [1.29, 1.82) is 0 Å². The van der Waals surface area contributed by atoms with Crippen molar-refractivity contribution in [3.8, 4) is 0 Å². The summed E-state index contributed by atoms with van der Waals surface area (Å²) in [5, 5.41) is 0. The molecular weight excluding hydrogens is 493 g/mol. The summed E-state index contributed by atoms with van der Waals surface area (Å²) >= 11 is 10.5. The Hall–Kier alpha value is -0.720. The number of benzene rings is 1. The van der Waals surface area contributed by atoms with Crippen molar-refractivity contribution >= 4 is 31.0 Å². The van der Waals surface area contributed by atoms with E-state index in [-0.39, 0.29) is 0 Å². The van der Waals surface area contributed by atoms with E-state index in [1.807, 2.05) is 0 Å². The van der Waals surface area contributed by atoms with Crippen molar-refractivity contribution < 1.29 is 57.7 Å². The highest BCUT2D eigenvalue weighted by molar-refractivity contribution is 7.48. The second kappa shape index (κ2) is 9.19. The van der Waals surface area contributed by atoms with Gasteiger partial charge in [-0.3, -0.25) is 13.6 Å². The van der Waals surface area contributed by atoms with Gasteiger partial charge in [-0.2, -0.15) is 39.5 Å². The Labute approximate surface area is 167 Å². The van der Waals surface area contributed by atoms with E-state index in [9.17, 15) is 44.1 Å². The molecular formula is C13H10Cl2F9O4P. The van der Waals surface area contributed by atoms with Crippen LogP contribution in [0.5, 0.6) is 0 Å². The summed E-state index contributed by atoms with van der Waals surface area (Å²) < 4.78 is 134. The summed E-state index contributed by atoms with van der Waals surface area (Å²) in [6.45, 7) is -4.90. The fraction of sp³-hybridized carbons (Fsp3) is 0.538. The monoisotopic (exact) mass is 502 g/mol. The first-order valence-corrected chi connectivity index (χ1v) is 9.28. The van der Waals surface area contributed by atoms with Crippen LogP contribution in [0.1, 0.15) is 11.7 Å². The largest absolute Gasteiger partial charge is 0.476 e. The summed E-state index contributed by atoms with van der Waals surface area (Å²) in [6, 6.07) is 5.35. The molecule has 0 fully saturated rings. The van der Waals surface area contributed by atoms with Gasteiger partial charge >= 0.3 is 26.4 Å². The molecule has 0 aliphatic carbocycles. The van der Waals surface area contributed by atoms with Crippen molar-refractivity contribution in [1.82, 2.24) is 0 Å². The molecule has 0 aromatic heterocycles. The van der Waals surface area contributed by atoms with Crippen LogP contribution >= 0.6 is 31.0 Å². The number of phosphoric acid groups is 1. The Bertz CT molecular complexity index is 685. The average molecular weight is 503 g/mol. The van der Waals surface area contributed by atoms with E-state index >= 15 is 0 Å². The van der Waals surface area contributed by atoms with Gasteiger partial charge < -0.3 is 0 Å². The Morgan fingerprint density at radius 2 is 1.24 bits per heavy atom. The highest BCUT2D eigenvalue weighted by atomic mass is 35.5. The molecule has 1 aromatic rings. The quantitative estimate of drug-likeness (QED) is 0.224. The van der Waals surface area contributed by atoms with E-state index in [1.165, 1.54) is 6.07 Å². The van der Waals surface area contributed by atoms with Gasteiger partial charge in [0, 0.05) is 0 Å². The van der Waals surface area contributed by atoms with Crippen LogP contribution in [0.15, 0.2) is 30.3 Å². The molecule has 0 aliphatic rings. The highest BCUT2D eigenvalue weighted by Crippen LogP contribution is 2.60. The number of hydrogen-bond donors (Lipinski definition) is 0. The number of halogens is 11. The molecule has 29 heavy (non-hydrogen) atoms. The molecule has 168 valence electrons. The van der Waals surface area contributed by atoms with Gasteiger partial charge in [0.15, 0.2) is 13.2 Å². The fourth-order valence-corrected chi connectivity index (χ4v) is 3.45. The maximum Gasteiger partial charge on any atom is 0.476 e. The highest BCUT2D eigenvalue weighted by Gasteiger charge is 2.61. The van der Waals surface area contributed by atoms with E-state index in [0.29, 0.717) is 0 Å². The third-order valence-electron chi connectivity index (χ3n) is 2.82. The van der Waals surface area contributed by atoms with Gasteiger partial charge in [-0.05, 0) is 5.56 Å². The Balaban J connectivity index is 3.34. The summed E-state index contributed by atoms with van der Waals surface area (Å²) in [4.78, 5) is 0. The van der Waals surface area contributed by atoms with Gasteiger partial charge in [-0.1, -0.05) is 53.5 Å². The van der Waals surface area contributed by atoms with E-state index in [2.05, 4.69) is 13.6 Å². The molecule has 4 nitrogen and oxygen atoms in total. The Morgan fingerprint density at radius 1 is 0.828 bits per heavy atom. The predicted molar refractivity (Wildman–Crippen MR) is 82.4 cm³/mol. The molecule has 0 radical (unpaired) electrons. The Morgan fingerprint density at radius 3 is 1.59 bits per heavy atom. The summed E-state index contributed by atoms with van der Waals surface area (Å²) in [5.41, 5.74) is -0.582. The molecule has 0 unspecified atom stereocenters. The zero-order valence-corrected chi connectivity index (χ0v) is 16.0. The van der Waals surface area contributed by atoms with Crippen LogP contribution in [0.25, 0.3) is 0 Å². The molecule has 0 spiro atoms. The predicted octanol–water partition coefficient (Wildman–Crippen LogP) is 6.75. The van der Waals surface area contributed by atoms with Crippen LogP contribution in [0.4, 0.5) is 39.5 Å². The lowest BCUT2D eigenvalue weighted by atomic mass is 10.1. The van der Waals surface area contributed by atoms with Crippen LogP contribution in [0.3, 0.4) is 0 Å². The molecule has 0 bridgehead atoms. The van der Waals surface area contributed by atoms with E-state index in [0.717, 1.165) is 24.3 Å². The molecule has 0 saturated carbocycles. The zero-order valence-electron chi connectivity index (χ0n) is 13.6. The van der Waals surface area contributed by atoms with E-state index in [1.54, 1.807) is 0 Å². The van der Waals surface area contributed by atoms with Crippen LogP contribution < -0.4 is 0 Å². The van der Waals surface area contributed by atoms with Crippen molar-refractivity contribution in [3.63, 3.8) is 0 Å². The molecule has 1 atom stereocenters. The molecule has 0 aliphatic heterocycles. The first-order chi connectivity index (χ1) is 12.9. The fourth-order valence-electron chi connectivity index (χ4n) is 1.64. The smallest absolute Gasteiger partial charge is 0.277 e. The average Bonchev–Trinajstić information content (AvgIpc) is 2.55. The lowest BCUT2D eigenvalue weighted by molar-refractivity contribution is -0.179. The number of phosphoric ester groups is 1. The van der Waals surface area contributed by atoms with Crippen LogP contribution in [0.2, 0.25) is 0 Å². The molecule has 1 rings (SSSR count). The van der Waals surface area contributed by atoms with Crippen molar-refractivity contribution in [3.05, 3.63) is 35.9 Å². The van der Waals surface area contributed by atoms with Crippen LogP contribution in [-0.4, -0.2) is 36.1 Å². The lowest BCUT2D eigenvalue weighted by Gasteiger charge is -2.33. The lowest BCUT2D eigenvalue weighted by Crippen LogP contribution is -2.41. The third-order valence-corrected chi connectivity index (χ3v) is 5.00. The van der Waals surface area contributed by atoms with Gasteiger partial charge in [-0.25, -0.2) is 4.57 Å². The first-order valence-electron chi connectivity index (χ1n) is 7.07. The number of hydrogen-bond acceptors (Lipinski definition) is 4. The molecule has 1 aromatic carbocycles. The first kappa shape index (κ1) is 26.3. The topological polar surface area (TPSA) is 44.8 Å². The SMILES string of the molecule is O=P(OCC(F)(F)F)(OCC(F)(F)F)O[C@H](c1ccccc1)C(Cl)(Cl)C(F)(F)F. The molecule has 0 N–H and O–H groups in total. The van der Waals surface area contributed by atoms with Crippen LogP contribution in [-0.2, 0) is 18.1 Å². The van der Waals surface area contributed by atoms with Gasteiger partial charge in [0.1, 0.15) is 6.10 Å². The van der Waals surface area contributed by atoms with E-state index < -0.39 is 55.6 Å². The summed E-state index contributed by atoms with van der Waals surface area (Å²) in [6.07, 6.45) is -18.8. The zero-order chi connectivity index (χ0) is 22.7. The van der Waals surface area contributed by atoms with Gasteiger partial charge in [-0.15, -0.1) is 0 Å². The second-order valence-corrected chi connectivity index (χ2v) is 8.25. The Kier molecular flexibility index (Phi) is 8.34. The standard InChI is InChI=1S/C13H10Cl2F9O4P/c14-12(15,13(22,23)24)9(8-4-2-1-3-5-8)28-29(25,26-6-10(16,17)18)27-7-11(19,20)21/h1-5,9H,6-7H2/t9-/m1/s1. The normalized spacial score (nSPS) is 15.4. The summed E-state index contributed by atoms with van der Waals surface area (Å²) in [5.74, 6) is 0. The molecule has 16 heteroatoms. The van der Waals surface area contributed by atoms with Gasteiger partial charge in [0.05, 0.1) is 0 Å². The van der Waals surface area contributed by atoms with Crippen molar-refractivity contribution in [2.75, 3.05) is 13.2 Å². The van der Waals surface area contributed by atoms with Crippen molar-refractivity contribution in [2.24, 2.45) is 0 Å². The van der Waals surface area contributed by atoms with E-state index in [4.69, 9.17) is 23.2 Å². The van der Waals surface area contributed by atoms with Crippen LogP contribution in [0, 0.1) is 0 Å². The minimum absolute atomic E-state index is 0.582.